The number of hydrogen-bond donors (Lipinski definition) is 1. The van der Waals surface area contributed by atoms with Crippen molar-refractivity contribution in [3.05, 3.63) is 24.2 Å². The predicted octanol–water partition coefficient (Wildman–Crippen LogP) is 1.79. The molecular formula is C7H6Cl2N4. The number of fused-ring (bicyclic) bond motifs is 1. The van der Waals surface area contributed by atoms with Gasteiger partial charge in [-0.2, -0.15) is 0 Å². The Hall–Kier alpha value is -1.000. The quantitative estimate of drug-likeness (QED) is 0.740. The van der Waals surface area contributed by atoms with Crippen molar-refractivity contribution in [1.29, 1.82) is 0 Å². The number of nitrogen functional groups attached to an aromatic ring is 1. The molecule has 2 aromatic heterocycles. The first-order valence-electron chi connectivity index (χ1n) is 3.57. The van der Waals surface area contributed by atoms with Crippen LogP contribution in [0.2, 0.25) is 0 Å². The molecule has 2 rings (SSSR count). The summed E-state index contributed by atoms with van der Waals surface area (Å²) in [6, 6.07) is 3.52. The Morgan fingerprint density at radius 1 is 1.46 bits per heavy atom. The predicted molar refractivity (Wildman–Crippen MR) is 51.8 cm³/mol. The minimum atomic E-state index is -0.723. The number of halogens is 2. The molecule has 68 valence electrons. The van der Waals surface area contributed by atoms with E-state index in [2.05, 4.69) is 10.1 Å². The summed E-state index contributed by atoms with van der Waals surface area (Å²) >= 11 is 11.2. The molecule has 2 N–H and O–H groups in total. The molecule has 0 aliphatic heterocycles. The van der Waals surface area contributed by atoms with E-state index in [1.807, 2.05) is 0 Å². The largest absolute Gasteiger partial charge is 0.396 e. The highest BCUT2D eigenvalue weighted by Gasteiger charge is 2.11. The average Bonchev–Trinajstić information content (AvgIpc) is 2.49. The van der Waals surface area contributed by atoms with Crippen LogP contribution in [0.5, 0.6) is 0 Å². The maximum atomic E-state index is 5.66. The first kappa shape index (κ1) is 8.59. The smallest absolute Gasteiger partial charge is 0.184 e. The van der Waals surface area contributed by atoms with Crippen LogP contribution in [-0.4, -0.2) is 14.6 Å². The van der Waals surface area contributed by atoms with Crippen molar-refractivity contribution in [2.24, 2.45) is 0 Å². The summed E-state index contributed by atoms with van der Waals surface area (Å²) in [5, 5.41) is 4.03. The van der Waals surface area contributed by atoms with E-state index in [1.54, 1.807) is 22.8 Å². The Morgan fingerprint density at radius 2 is 2.23 bits per heavy atom. The van der Waals surface area contributed by atoms with Crippen LogP contribution in [0.1, 0.15) is 10.7 Å². The van der Waals surface area contributed by atoms with Crippen LogP contribution in [0.4, 0.5) is 5.69 Å². The fourth-order valence-electron chi connectivity index (χ4n) is 1.04. The Morgan fingerprint density at radius 3 is 2.85 bits per heavy atom. The lowest BCUT2D eigenvalue weighted by Gasteiger charge is -1.92. The number of hydrogen-bond acceptors (Lipinski definition) is 3. The zero-order valence-electron chi connectivity index (χ0n) is 6.48. The molecule has 0 spiro atoms. The number of nitrogens with two attached hydrogens (primary N) is 1. The third kappa shape index (κ3) is 1.43. The maximum Gasteiger partial charge on any atom is 0.184 e. The zero-order chi connectivity index (χ0) is 9.42. The summed E-state index contributed by atoms with van der Waals surface area (Å²) in [7, 11) is 0. The Kier molecular flexibility index (Phi) is 2.01. The lowest BCUT2D eigenvalue weighted by Crippen LogP contribution is -1.92. The second-order valence-corrected chi connectivity index (χ2v) is 3.60. The standard InChI is InChI=1S/C7H6Cl2N4/c8-5(9)6-11-7-4(10)2-1-3-13(7)12-6/h1-3,5H,10H2. The summed E-state index contributed by atoms with van der Waals surface area (Å²) in [6.07, 6.45) is 1.73. The summed E-state index contributed by atoms with van der Waals surface area (Å²) in [5.74, 6) is 0.362. The van der Waals surface area contributed by atoms with Gasteiger partial charge in [-0.1, -0.05) is 23.2 Å². The third-order valence-corrected chi connectivity index (χ3v) is 1.99. The topological polar surface area (TPSA) is 56.2 Å². The summed E-state index contributed by atoms with van der Waals surface area (Å²) in [6.45, 7) is 0. The van der Waals surface area contributed by atoms with Gasteiger partial charge in [0.2, 0.25) is 0 Å². The molecule has 2 aromatic rings. The summed E-state index contributed by atoms with van der Waals surface area (Å²) < 4.78 is 1.54. The SMILES string of the molecule is Nc1cccn2nc(C(Cl)Cl)nc12. The van der Waals surface area contributed by atoms with Gasteiger partial charge in [-0.25, -0.2) is 9.50 Å². The molecule has 0 aliphatic carbocycles. The normalized spacial score (nSPS) is 11.3. The molecule has 6 heteroatoms. The fourth-order valence-corrected chi connectivity index (χ4v) is 1.22. The molecule has 0 atom stereocenters. The Labute approximate surface area is 84.3 Å². The van der Waals surface area contributed by atoms with Crippen LogP contribution >= 0.6 is 23.2 Å². The first-order valence-corrected chi connectivity index (χ1v) is 4.44. The Bertz CT molecular complexity index is 437. The van der Waals surface area contributed by atoms with Gasteiger partial charge >= 0.3 is 0 Å². The third-order valence-electron chi connectivity index (χ3n) is 1.60. The molecule has 2 heterocycles. The fraction of sp³-hybridized carbons (Fsp3) is 0.143. The molecule has 0 unspecified atom stereocenters. The lowest BCUT2D eigenvalue weighted by molar-refractivity contribution is 0.917. The van der Waals surface area contributed by atoms with Crippen molar-refractivity contribution >= 4 is 34.5 Å². The van der Waals surface area contributed by atoms with Crippen LogP contribution in [0.3, 0.4) is 0 Å². The average molecular weight is 217 g/mol. The molecule has 0 bridgehead atoms. The van der Waals surface area contributed by atoms with Crippen molar-refractivity contribution in [1.82, 2.24) is 14.6 Å². The summed E-state index contributed by atoms with van der Waals surface area (Å²) in [4.78, 5) is 3.35. The number of alkyl halides is 2. The lowest BCUT2D eigenvalue weighted by atomic mass is 10.4. The van der Waals surface area contributed by atoms with Crippen molar-refractivity contribution in [2.45, 2.75) is 4.84 Å². The minimum absolute atomic E-state index is 0.362. The second kappa shape index (κ2) is 3.05. The molecule has 0 radical (unpaired) electrons. The van der Waals surface area contributed by atoms with Crippen LogP contribution in [-0.2, 0) is 0 Å². The molecule has 13 heavy (non-hydrogen) atoms. The summed E-state index contributed by atoms with van der Waals surface area (Å²) in [5.41, 5.74) is 6.78. The molecule has 0 saturated heterocycles. The van der Waals surface area contributed by atoms with Crippen molar-refractivity contribution in [3.63, 3.8) is 0 Å². The highest BCUT2D eigenvalue weighted by Crippen LogP contribution is 2.22. The van der Waals surface area contributed by atoms with E-state index in [-0.39, 0.29) is 0 Å². The number of aromatic nitrogens is 3. The molecular weight excluding hydrogens is 211 g/mol. The van der Waals surface area contributed by atoms with Gasteiger partial charge in [0.25, 0.3) is 0 Å². The molecule has 0 aromatic carbocycles. The van der Waals surface area contributed by atoms with Crippen molar-refractivity contribution in [3.8, 4) is 0 Å². The highest BCUT2D eigenvalue weighted by atomic mass is 35.5. The maximum absolute atomic E-state index is 5.66. The minimum Gasteiger partial charge on any atom is -0.396 e. The van der Waals surface area contributed by atoms with Gasteiger partial charge in [-0.3, -0.25) is 0 Å². The highest BCUT2D eigenvalue weighted by molar-refractivity contribution is 6.43. The van der Waals surface area contributed by atoms with E-state index < -0.39 is 4.84 Å². The molecule has 0 fully saturated rings. The van der Waals surface area contributed by atoms with Crippen molar-refractivity contribution in [2.75, 3.05) is 5.73 Å². The van der Waals surface area contributed by atoms with Crippen LogP contribution < -0.4 is 5.73 Å². The van der Waals surface area contributed by atoms with Gasteiger partial charge in [0.1, 0.15) is 0 Å². The van der Waals surface area contributed by atoms with E-state index in [1.165, 1.54) is 0 Å². The number of rotatable bonds is 1. The van der Waals surface area contributed by atoms with Crippen LogP contribution in [0.25, 0.3) is 5.65 Å². The Balaban J connectivity index is 2.68. The van der Waals surface area contributed by atoms with E-state index in [4.69, 9.17) is 28.9 Å². The monoisotopic (exact) mass is 216 g/mol. The second-order valence-electron chi connectivity index (χ2n) is 2.50. The molecule has 0 amide bonds. The van der Waals surface area contributed by atoms with Gasteiger partial charge in [-0.05, 0) is 12.1 Å². The van der Waals surface area contributed by atoms with Crippen molar-refractivity contribution < 1.29 is 0 Å². The first-order chi connectivity index (χ1) is 6.18. The van der Waals surface area contributed by atoms with Gasteiger partial charge in [0, 0.05) is 6.20 Å². The molecule has 4 nitrogen and oxygen atoms in total. The number of anilines is 1. The van der Waals surface area contributed by atoms with Crippen LogP contribution in [0.15, 0.2) is 18.3 Å². The van der Waals surface area contributed by atoms with Gasteiger partial charge in [-0.15, -0.1) is 5.10 Å². The number of pyridine rings is 1. The van der Waals surface area contributed by atoms with E-state index >= 15 is 0 Å². The molecule has 0 saturated carbocycles. The number of nitrogens with zero attached hydrogens (tertiary/aromatic N) is 3. The van der Waals surface area contributed by atoms with Gasteiger partial charge < -0.3 is 5.73 Å². The zero-order valence-corrected chi connectivity index (χ0v) is 8.00. The van der Waals surface area contributed by atoms with Crippen LogP contribution in [0, 0.1) is 0 Å². The van der Waals surface area contributed by atoms with E-state index in [0.717, 1.165) is 0 Å². The molecule has 0 aliphatic rings. The van der Waals surface area contributed by atoms with E-state index in [0.29, 0.717) is 17.2 Å². The van der Waals surface area contributed by atoms with Gasteiger partial charge in [0.05, 0.1) is 5.69 Å². The van der Waals surface area contributed by atoms with Gasteiger partial charge in [0.15, 0.2) is 16.3 Å². The van der Waals surface area contributed by atoms with E-state index in [9.17, 15) is 0 Å².